The average molecular weight is 282 g/mol. The van der Waals surface area contributed by atoms with E-state index in [4.69, 9.17) is 0 Å². The third kappa shape index (κ3) is 2.75. The Labute approximate surface area is 124 Å². The molecule has 1 aliphatic heterocycles. The van der Waals surface area contributed by atoms with Crippen LogP contribution in [0.2, 0.25) is 0 Å². The summed E-state index contributed by atoms with van der Waals surface area (Å²) >= 11 is 0. The number of aliphatic carboxylic acids is 1. The molecule has 4 nitrogen and oxygen atoms in total. The van der Waals surface area contributed by atoms with E-state index in [0.717, 1.165) is 11.4 Å². The molecule has 4 heteroatoms. The third-order valence-electron chi connectivity index (χ3n) is 4.10. The van der Waals surface area contributed by atoms with Crippen molar-refractivity contribution in [3.05, 3.63) is 59.9 Å². The van der Waals surface area contributed by atoms with Crippen molar-refractivity contribution in [3.8, 4) is 0 Å². The fourth-order valence-corrected chi connectivity index (χ4v) is 2.92. The number of aryl methyl sites for hydroxylation is 1. The van der Waals surface area contributed by atoms with Crippen molar-refractivity contribution in [2.24, 2.45) is 5.92 Å². The maximum Gasteiger partial charge on any atom is 0.309 e. The summed E-state index contributed by atoms with van der Waals surface area (Å²) in [4.78, 5) is 18.0. The lowest BCUT2D eigenvalue weighted by atomic mass is 9.93. The van der Waals surface area contributed by atoms with Crippen LogP contribution in [0.3, 0.4) is 0 Å². The molecule has 21 heavy (non-hydrogen) atoms. The Morgan fingerprint density at radius 1 is 1.19 bits per heavy atom. The highest BCUT2D eigenvalue weighted by Crippen LogP contribution is 2.34. The topological polar surface area (TPSA) is 53.4 Å². The molecule has 0 amide bonds. The van der Waals surface area contributed by atoms with Gasteiger partial charge in [0, 0.05) is 36.6 Å². The quantitative estimate of drug-likeness (QED) is 0.940. The van der Waals surface area contributed by atoms with E-state index in [0.29, 0.717) is 13.1 Å². The summed E-state index contributed by atoms with van der Waals surface area (Å²) in [5, 5.41) is 9.50. The van der Waals surface area contributed by atoms with E-state index in [2.05, 4.69) is 34.1 Å². The summed E-state index contributed by atoms with van der Waals surface area (Å²) in [7, 11) is 0. The monoisotopic (exact) mass is 282 g/mol. The van der Waals surface area contributed by atoms with Crippen LogP contribution in [0, 0.1) is 12.8 Å². The van der Waals surface area contributed by atoms with Gasteiger partial charge in [0.05, 0.1) is 5.92 Å². The molecule has 108 valence electrons. The number of aromatic nitrogens is 1. The molecule has 2 aromatic rings. The Balaban J connectivity index is 1.88. The van der Waals surface area contributed by atoms with E-state index in [-0.39, 0.29) is 5.92 Å². The molecule has 0 saturated carbocycles. The lowest BCUT2D eigenvalue weighted by Gasteiger charge is -2.18. The van der Waals surface area contributed by atoms with Gasteiger partial charge in [0.15, 0.2) is 0 Å². The number of carboxylic acid groups (broad SMARTS) is 1. The zero-order valence-corrected chi connectivity index (χ0v) is 11.9. The van der Waals surface area contributed by atoms with E-state index >= 15 is 0 Å². The van der Waals surface area contributed by atoms with Crippen LogP contribution in [0.25, 0.3) is 0 Å². The summed E-state index contributed by atoms with van der Waals surface area (Å²) in [6, 6.07) is 13.9. The molecule has 1 fully saturated rings. The van der Waals surface area contributed by atoms with Crippen molar-refractivity contribution in [3.63, 3.8) is 0 Å². The molecule has 0 unspecified atom stereocenters. The molecule has 1 aliphatic rings. The second-order valence-corrected chi connectivity index (χ2v) is 5.55. The summed E-state index contributed by atoms with van der Waals surface area (Å²) in [5.74, 6) is -1.23. The molecular formula is C17H18N2O2. The van der Waals surface area contributed by atoms with Gasteiger partial charge >= 0.3 is 5.97 Å². The zero-order chi connectivity index (χ0) is 14.8. The molecule has 0 spiro atoms. The van der Waals surface area contributed by atoms with Crippen LogP contribution in [-0.2, 0) is 4.79 Å². The van der Waals surface area contributed by atoms with Crippen molar-refractivity contribution in [2.75, 3.05) is 18.0 Å². The van der Waals surface area contributed by atoms with Gasteiger partial charge in [-0.15, -0.1) is 0 Å². The molecule has 1 N–H and O–H groups in total. The average Bonchev–Trinajstić information content (AvgIpc) is 2.94. The first-order valence-corrected chi connectivity index (χ1v) is 7.10. The lowest BCUT2D eigenvalue weighted by Crippen LogP contribution is -2.23. The zero-order valence-electron chi connectivity index (χ0n) is 11.9. The van der Waals surface area contributed by atoms with Crippen LogP contribution in [0.1, 0.15) is 17.2 Å². The van der Waals surface area contributed by atoms with Crippen LogP contribution in [-0.4, -0.2) is 29.1 Å². The first-order chi connectivity index (χ1) is 10.1. The van der Waals surface area contributed by atoms with E-state index in [1.54, 1.807) is 6.20 Å². The maximum atomic E-state index is 11.6. The number of benzene rings is 1. The molecule has 1 aromatic heterocycles. The van der Waals surface area contributed by atoms with Gasteiger partial charge in [-0.3, -0.25) is 9.78 Å². The van der Waals surface area contributed by atoms with Gasteiger partial charge < -0.3 is 10.0 Å². The minimum Gasteiger partial charge on any atom is -0.481 e. The molecule has 2 atom stereocenters. The molecule has 0 bridgehead atoms. The summed E-state index contributed by atoms with van der Waals surface area (Å²) in [5.41, 5.74) is 3.14. The van der Waals surface area contributed by atoms with Crippen LogP contribution < -0.4 is 4.90 Å². The molecule has 1 saturated heterocycles. The van der Waals surface area contributed by atoms with Crippen molar-refractivity contribution in [2.45, 2.75) is 12.8 Å². The second-order valence-electron chi connectivity index (χ2n) is 5.55. The number of hydrogen-bond donors (Lipinski definition) is 1. The van der Waals surface area contributed by atoms with Crippen LogP contribution in [0.5, 0.6) is 0 Å². The smallest absolute Gasteiger partial charge is 0.309 e. The van der Waals surface area contributed by atoms with E-state index in [1.165, 1.54) is 5.56 Å². The van der Waals surface area contributed by atoms with E-state index in [1.807, 2.05) is 25.1 Å². The van der Waals surface area contributed by atoms with Crippen LogP contribution in [0.4, 0.5) is 5.69 Å². The van der Waals surface area contributed by atoms with Gasteiger partial charge in [0.2, 0.25) is 0 Å². The number of carboxylic acids is 1. The highest BCUT2D eigenvalue weighted by atomic mass is 16.4. The number of pyridine rings is 1. The molecule has 0 aliphatic carbocycles. The molecule has 1 aromatic carbocycles. The van der Waals surface area contributed by atoms with Gasteiger partial charge in [0.25, 0.3) is 0 Å². The Morgan fingerprint density at radius 3 is 2.57 bits per heavy atom. The number of rotatable bonds is 3. The number of hydrogen-bond acceptors (Lipinski definition) is 3. The van der Waals surface area contributed by atoms with E-state index in [9.17, 15) is 9.90 Å². The Hall–Kier alpha value is -2.36. The third-order valence-corrected chi connectivity index (χ3v) is 4.10. The fraction of sp³-hybridized carbons (Fsp3) is 0.294. The standard InChI is InChI=1S/C17H18N2O2/c1-12-5-7-13(8-6-12)19-10-14(15(11-19)17(20)21)16-4-2-3-9-18-16/h2-9,14-15H,10-11H2,1H3,(H,20,21)/t14-,15+/m0/s1. The van der Waals surface area contributed by atoms with Gasteiger partial charge in [-0.25, -0.2) is 0 Å². The van der Waals surface area contributed by atoms with Crippen LogP contribution in [0.15, 0.2) is 48.7 Å². The van der Waals surface area contributed by atoms with Crippen molar-refractivity contribution >= 4 is 11.7 Å². The molecule has 0 radical (unpaired) electrons. The van der Waals surface area contributed by atoms with Gasteiger partial charge in [-0.05, 0) is 31.2 Å². The SMILES string of the molecule is Cc1ccc(N2C[C@H](c3ccccn3)[C@H](C(=O)O)C2)cc1. The Morgan fingerprint density at radius 2 is 1.95 bits per heavy atom. The van der Waals surface area contributed by atoms with Gasteiger partial charge in [0.1, 0.15) is 0 Å². The van der Waals surface area contributed by atoms with Crippen molar-refractivity contribution < 1.29 is 9.90 Å². The predicted octanol–water partition coefficient (Wildman–Crippen LogP) is 2.69. The fourth-order valence-electron chi connectivity index (χ4n) is 2.92. The van der Waals surface area contributed by atoms with Gasteiger partial charge in [-0.2, -0.15) is 0 Å². The molecular weight excluding hydrogens is 264 g/mol. The first kappa shape index (κ1) is 13.6. The minimum absolute atomic E-state index is 0.0648. The normalized spacial score (nSPS) is 21.5. The van der Waals surface area contributed by atoms with Crippen molar-refractivity contribution in [1.29, 1.82) is 0 Å². The number of anilines is 1. The summed E-state index contributed by atoms with van der Waals surface area (Å²) < 4.78 is 0. The Kier molecular flexibility index (Phi) is 3.60. The van der Waals surface area contributed by atoms with Gasteiger partial charge in [-0.1, -0.05) is 23.8 Å². The minimum atomic E-state index is -0.750. The largest absolute Gasteiger partial charge is 0.481 e. The van der Waals surface area contributed by atoms with E-state index < -0.39 is 11.9 Å². The lowest BCUT2D eigenvalue weighted by molar-refractivity contribution is -0.141. The maximum absolute atomic E-state index is 11.6. The summed E-state index contributed by atoms with van der Waals surface area (Å²) in [6.07, 6.45) is 1.72. The van der Waals surface area contributed by atoms with Crippen molar-refractivity contribution in [1.82, 2.24) is 4.98 Å². The van der Waals surface area contributed by atoms with Crippen LogP contribution >= 0.6 is 0 Å². The molecule has 2 heterocycles. The second kappa shape index (κ2) is 5.56. The molecule has 3 rings (SSSR count). The summed E-state index contributed by atoms with van der Waals surface area (Å²) in [6.45, 7) is 3.27. The first-order valence-electron chi connectivity index (χ1n) is 7.10. The highest BCUT2D eigenvalue weighted by molar-refractivity contribution is 5.74. The Bertz CT molecular complexity index is 625. The predicted molar refractivity (Wildman–Crippen MR) is 81.5 cm³/mol. The number of carbonyl (C=O) groups is 1. The highest BCUT2D eigenvalue weighted by Gasteiger charge is 2.39. The number of nitrogens with zero attached hydrogens (tertiary/aromatic N) is 2.